The Kier molecular flexibility index (Phi) is 43.9. The summed E-state index contributed by atoms with van der Waals surface area (Å²) < 4.78 is 11.8. The molecule has 0 aromatic rings. The molecule has 6 nitrogen and oxygen atoms in total. The lowest BCUT2D eigenvalue weighted by Gasteiger charge is -2.22. The summed E-state index contributed by atoms with van der Waals surface area (Å²) in [4.78, 5) is 14.7. The van der Waals surface area contributed by atoms with E-state index in [9.17, 15) is 15.0 Å². The third kappa shape index (κ3) is 39.9. The molecule has 0 rings (SSSR count). The standard InChI is InChI=1S/C49H99NO5/c1-5-9-13-15-19-27-37-47(38-28-20-16-14-10-6-2)55-49(53)40-30-22-18-24-32-42-50(43-44-51)41-31-23-17-21-29-39-48(52)54-45-33-36-46(34-25-11-7-3)35-26-12-8-4/h46-47,49,51,53H,5-45H2,1-4H3. The van der Waals surface area contributed by atoms with Gasteiger partial charge in [0.15, 0.2) is 6.29 Å². The van der Waals surface area contributed by atoms with Gasteiger partial charge in [0.25, 0.3) is 0 Å². The number of esters is 1. The van der Waals surface area contributed by atoms with Crippen molar-refractivity contribution in [3.8, 4) is 0 Å². The average molecular weight is 782 g/mol. The van der Waals surface area contributed by atoms with E-state index in [-0.39, 0.29) is 18.7 Å². The van der Waals surface area contributed by atoms with Crippen molar-refractivity contribution in [2.24, 2.45) is 5.92 Å². The fourth-order valence-corrected chi connectivity index (χ4v) is 8.10. The van der Waals surface area contributed by atoms with Crippen LogP contribution in [0.3, 0.4) is 0 Å². The molecule has 0 aliphatic heterocycles. The molecule has 0 aliphatic rings. The van der Waals surface area contributed by atoms with Crippen molar-refractivity contribution in [3.63, 3.8) is 0 Å². The molecule has 0 saturated heterocycles. The molecule has 55 heavy (non-hydrogen) atoms. The molecule has 0 heterocycles. The highest BCUT2D eigenvalue weighted by molar-refractivity contribution is 5.69. The largest absolute Gasteiger partial charge is 0.466 e. The first kappa shape index (κ1) is 54.3. The van der Waals surface area contributed by atoms with Crippen LogP contribution in [0, 0.1) is 5.92 Å². The molecule has 0 aliphatic carbocycles. The van der Waals surface area contributed by atoms with Crippen LogP contribution in [-0.4, -0.2) is 66.3 Å². The molecule has 330 valence electrons. The van der Waals surface area contributed by atoms with Gasteiger partial charge in [-0.05, 0) is 76.8 Å². The van der Waals surface area contributed by atoms with Gasteiger partial charge in [0.05, 0.1) is 19.3 Å². The van der Waals surface area contributed by atoms with E-state index < -0.39 is 6.29 Å². The summed E-state index contributed by atoms with van der Waals surface area (Å²) >= 11 is 0. The van der Waals surface area contributed by atoms with Gasteiger partial charge in [-0.1, -0.05) is 195 Å². The summed E-state index contributed by atoms with van der Waals surface area (Å²) in [5.74, 6) is 0.789. The number of aliphatic hydroxyl groups is 2. The lowest BCUT2D eigenvalue weighted by molar-refractivity contribution is -0.144. The average Bonchev–Trinajstić information content (AvgIpc) is 3.18. The smallest absolute Gasteiger partial charge is 0.305 e. The number of ether oxygens (including phenoxy) is 2. The van der Waals surface area contributed by atoms with Crippen LogP contribution in [0.25, 0.3) is 0 Å². The second-order valence-corrected chi connectivity index (χ2v) is 17.2. The third-order valence-electron chi connectivity index (χ3n) is 11.8. The monoisotopic (exact) mass is 782 g/mol. The minimum absolute atomic E-state index is 0.0154. The maximum atomic E-state index is 12.3. The zero-order valence-electron chi connectivity index (χ0n) is 37.8. The van der Waals surface area contributed by atoms with Gasteiger partial charge >= 0.3 is 5.97 Å². The summed E-state index contributed by atoms with van der Waals surface area (Å²) in [7, 11) is 0. The van der Waals surface area contributed by atoms with Crippen molar-refractivity contribution < 1.29 is 24.5 Å². The van der Waals surface area contributed by atoms with E-state index in [2.05, 4.69) is 32.6 Å². The van der Waals surface area contributed by atoms with Crippen molar-refractivity contribution in [2.45, 2.75) is 271 Å². The van der Waals surface area contributed by atoms with E-state index in [1.807, 2.05) is 0 Å². The molecule has 2 N–H and O–H groups in total. The van der Waals surface area contributed by atoms with Gasteiger partial charge in [-0.15, -0.1) is 0 Å². The highest BCUT2D eigenvalue weighted by atomic mass is 16.6. The number of hydrogen-bond acceptors (Lipinski definition) is 6. The molecule has 0 saturated carbocycles. The Bertz CT molecular complexity index is 725. The lowest BCUT2D eigenvalue weighted by Crippen LogP contribution is -2.29. The summed E-state index contributed by atoms with van der Waals surface area (Å²) in [6.07, 6.45) is 42.8. The van der Waals surface area contributed by atoms with Crippen molar-refractivity contribution in [1.29, 1.82) is 0 Å². The second kappa shape index (κ2) is 44.4. The Balaban J connectivity index is 4.03. The molecular weight excluding hydrogens is 683 g/mol. The fourth-order valence-electron chi connectivity index (χ4n) is 8.10. The SMILES string of the molecule is CCCCCCCCC(CCCCCCCC)OC(O)CCCCCCCN(CCO)CCCCCCCC(=O)OCCCC(CCCCC)CCCCC. The maximum absolute atomic E-state index is 12.3. The van der Waals surface area contributed by atoms with E-state index in [4.69, 9.17) is 9.47 Å². The van der Waals surface area contributed by atoms with Gasteiger partial charge in [-0.3, -0.25) is 4.79 Å². The van der Waals surface area contributed by atoms with Gasteiger partial charge < -0.3 is 24.6 Å². The predicted octanol–water partition coefficient (Wildman–Crippen LogP) is 14.3. The summed E-state index contributed by atoms with van der Waals surface area (Å²) in [6, 6.07) is 0. The summed E-state index contributed by atoms with van der Waals surface area (Å²) in [5, 5.41) is 20.3. The first-order valence-electron chi connectivity index (χ1n) is 24.8. The summed E-state index contributed by atoms with van der Waals surface area (Å²) in [5.41, 5.74) is 0. The first-order chi connectivity index (χ1) is 27.0. The van der Waals surface area contributed by atoms with Crippen molar-refractivity contribution in [1.82, 2.24) is 4.90 Å². The molecule has 0 amide bonds. The first-order valence-corrected chi connectivity index (χ1v) is 24.8. The normalized spacial score (nSPS) is 12.5. The van der Waals surface area contributed by atoms with Crippen LogP contribution in [-0.2, 0) is 14.3 Å². The van der Waals surface area contributed by atoms with E-state index in [1.54, 1.807) is 0 Å². The van der Waals surface area contributed by atoms with Crippen LogP contribution in [0.2, 0.25) is 0 Å². The number of aliphatic hydroxyl groups excluding tert-OH is 2. The van der Waals surface area contributed by atoms with Crippen LogP contribution in [0.1, 0.15) is 259 Å². The topological polar surface area (TPSA) is 79.2 Å². The highest BCUT2D eigenvalue weighted by Gasteiger charge is 2.15. The maximum Gasteiger partial charge on any atom is 0.305 e. The molecule has 0 aromatic heterocycles. The molecule has 0 fully saturated rings. The second-order valence-electron chi connectivity index (χ2n) is 17.2. The molecule has 0 radical (unpaired) electrons. The van der Waals surface area contributed by atoms with Crippen LogP contribution in [0.15, 0.2) is 0 Å². The number of hydrogen-bond donors (Lipinski definition) is 2. The number of nitrogens with zero attached hydrogens (tertiary/aromatic N) is 1. The van der Waals surface area contributed by atoms with Crippen molar-refractivity contribution in [2.75, 3.05) is 32.8 Å². The number of carbonyl (C=O) groups is 1. The fraction of sp³-hybridized carbons (Fsp3) is 0.980. The number of carbonyl (C=O) groups excluding carboxylic acids is 1. The van der Waals surface area contributed by atoms with Crippen LogP contribution in [0.5, 0.6) is 0 Å². The van der Waals surface area contributed by atoms with Crippen molar-refractivity contribution in [3.05, 3.63) is 0 Å². The Labute approximate surface area is 344 Å². The molecule has 0 spiro atoms. The van der Waals surface area contributed by atoms with Crippen LogP contribution < -0.4 is 0 Å². The molecule has 6 heteroatoms. The Morgan fingerprint density at radius 2 is 0.873 bits per heavy atom. The van der Waals surface area contributed by atoms with Gasteiger partial charge in [-0.25, -0.2) is 0 Å². The predicted molar refractivity (Wildman–Crippen MR) is 238 cm³/mol. The van der Waals surface area contributed by atoms with E-state index >= 15 is 0 Å². The molecule has 1 atom stereocenters. The highest BCUT2D eigenvalue weighted by Crippen LogP contribution is 2.23. The molecule has 0 bridgehead atoms. The third-order valence-corrected chi connectivity index (χ3v) is 11.8. The molecule has 0 aromatic carbocycles. The van der Waals surface area contributed by atoms with Crippen LogP contribution in [0.4, 0.5) is 0 Å². The van der Waals surface area contributed by atoms with Gasteiger partial charge in [0, 0.05) is 13.0 Å². The Morgan fingerprint density at radius 3 is 1.38 bits per heavy atom. The van der Waals surface area contributed by atoms with Crippen molar-refractivity contribution >= 4 is 5.97 Å². The lowest BCUT2D eigenvalue weighted by atomic mass is 9.91. The van der Waals surface area contributed by atoms with Gasteiger partial charge in [0.2, 0.25) is 0 Å². The summed E-state index contributed by atoms with van der Waals surface area (Å²) in [6.45, 7) is 12.8. The van der Waals surface area contributed by atoms with Gasteiger partial charge in [-0.2, -0.15) is 0 Å². The minimum atomic E-state index is -0.619. The Hall–Kier alpha value is -0.690. The quantitative estimate of drug-likeness (QED) is 0.0364. The number of rotatable bonds is 46. The Morgan fingerprint density at radius 1 is 0.473 bits per heavy atom. The van der Waals surface area contributed by atoms with Gasteiger partial charge in [0.1, 0.15) is 0 Å². The number of unbranched alkanes of at least 4 members (excludes halogenated alkanes) is 22. The zero-order valence-corrected chi connectivity index (χ0v) is 37.8. The minimum Gasteiger partial charge on any atom is -0.466 e. The van der Waals surface area contributed by atoms with Crippen LogP contribution >= 0.6 is 0 Å². The zero-order chi connectivity index (χ0) is 40.3. The molecular formula is C49H99NO5. The molecule has 1 unspecified atom stereocenters. The van der Waals surface area contributed by atoms with E-state index in [1.165, 1.54) is 154 Å². The van der Waals surface area contributed by atoms with E-state index in [0.29, 0.717) is 13.0 Å². The van der Waals surface area contributed by atoms with E-state index in [0.717, 1.165) is 96.2 Å².